The fourth-order valence-corrected chi connectivity index (χ4v) is 4.85. The van der Waals surface area contributed by atoms with Gasteiger partial charge in [0.1, 0.15) is 17.7 Å². The first-order chi connectivity index (χ1) is 17.8. The Bertz CT molecular complexity index is 1150. The Balaban J connectivity index is 1.28. The third-order valence-electron chi connectivity index (χ3n) is 6.76. The largest absolute Gasteiger partial charge is 0.494 e. The van der Waals surface area contributed by atoms with Crippen molar-refractivity contribution in [3.63, 3.8) is 0 Å². The fraction of sp³-hybridized carbons (Fsp3) is 0.444. The van der Waals surface area contributed by atoms with Crippen LogP contribution in [0, 0.1) is 11.7 Å². The van der Waals surface area contributed by atoms with E-state index in [4.69, 9.17) is 14.6 Å². The molecule has 0 atom stereocenters. The lowest BCUT2D eigenvalue weighted by atomic mass is 9.85. The Morgan fingerprint density at radius 3 is 2.57 bits per heavy atom. The summed E-state index contributed by atoms with van der Waals surface area (Å²) in [6, 6.07) is 9.04. The molecule has 1 heterocycles. The van der Waals surface area contributed by atoms with Gasteiger partial charge in [0.15, 0.2) is 0 Å². The molecular weight excluding hydrogens is 481 g/mol. The molecule has 1 fully saturated rings. The van der Waals surface area contributed by atoms with Crippen molar-refractivity contribution in [2.24, 2.45) is 5.92 Å². The predicted molar refractivity (Wildman–Crippen MR) is 135 cm³/mol. The smallest absolute Gasteiger partial charge is 0.410 e. The monoisotopic (exact) mass is 513 g/mol. The third kappa shape index (κ3) is 7.12. The maximum absolute atomic E-state index is 14.1. The van der Waals surface area contributed by atoms with Crippen molar-refractivity contribution in [1.29, 1.82) is 0 Å². The average molecular weight is 514 g/mol. The summed E-state index contributed by atoms with van der Waals surface area (Å²) < 4.78 is 25.1. The van der Waals surface area contributed by atoms with Crippen LogP contribution in [0.25, 0.3) is 0 Å². The first kappa shape index (κ1) is 26.2. The number of urea groups is 1. The molecule has 3 amide bonds. The average Bonchev–Trinajstić information content (AvgIpc) is 2.86. The van der Waals surface area contributed by atoms with E-state index in [1.165, 1.54) is 18.2 Å². The molecule has 1 aliphatic heterocycles. The van der Waals surface area contributed by atoms with Crippen LogP contribution in [0.4, 0.5) is 25.4 Å². The zero-order valence-electron chi connectivity index (χ0n) is 20.8. The van der Waals surface area contributed by atoms with Gasteiger partial charge >= 0.3 is 18.1 Å². The minimum Gasteiger partial charge on any atom is -0.494 e. The number of rotatable bonds is 7. The van der Waals surface area contributed by atoms with Gasteiger partial charge in [0, 0.05) is 31.3 Å². The van der Waals surface area contributed by atoms with Crippen LogP contribution in [-0.4, -0.2) is 47.4 Å². The number of carbonyl (C=O) groups is 3. The summed E-state index contributed by atoms with van der Waals surface area (Å²) in [4.78, 5) is 37.7. The fourth-order valence-electron chi connectivity index (χ4n) is 4.85. The number of carboxylic acids is 1. The maximum atomic E-state index is 14.1. The Hall–Kier alpha value is -3.82. The number of nitrogens with zero attached hydrogens (tertiary/aromatic N) is 1. The van der Waals surface area contributed by atoms with E-state index in [0.717, 1.165) is 24.0 Å². The van der Waals surface area contributed by atoms with Crippen LogP contribution in [0.5, 0.6) is 5.75 Å². The highest BCUT2D eigenvalue weighted by molar-refractivity contribution is 6.00. The zero-order valence-corrected chi connectivity index (χ0v) is 20.8. The van der Waals surface area contributed by atoms with Gasteiger partial charge in [-0.05, 0) is 80.3 Å². The number of fused-ring (bicyclic) bond motifs is 1. The first-order valence-corrected chi connectivity index (χ1v) is 12.6. The molecular formula is C27H32FN3O6. The maximum Gasteiger partial charge on any atom is 0.410 e. The Morgan fingerprint density at radius 1 is 1.05 bits per heavy atom. The van der Waals surface area contributed by atoms with Gasteiger partial charge in [0.05, 0.1) is 12.3 Å². The lowest BCUT2D eigenvalue weighted by Crippen LogP contribution is -2.39. The van der Waals surface area contributed by atoms with E-state index in [9.17, 15) is 18.8 Å². The summed E-state index contributed by atoms with van der Waals surface area (Å²) in [6.07, 6.45) is 3.11. The number of carboxylic acid groups (broad SMARTS) is 1. The van der Waals surface area contributed by atoms with Crippen LogP contribution in [0.3, 0.4) is 0 Å². The van der Waals surface area contributed by atoms with Gasteiger partial charge in [-0.25, -0.2) is 14.0 Å². The number of ether oxygens (including phenoxy) is 2. The van der Waals surface area contributed by atoms with Gasteiger partial charge in [-0.15, -0.1) is 0 Å². The molecule has 4 rings (SSSR count). The number of nitrogens with one attached hydrogen (secondary N) is 2. The van der Waals surface area contributed by atoms with Crippen LogP contribution < -0.4 is 15.4 Å². The molecule has 10 heteroatoms. The van der Waals surface area contributed by atoms with Crippen LogP contribution >= 0.6 is 0 Å². The van der Waals surface area contributed by atoms with E-state index < -0.39 is 17.8 Å². The van der Waals surface area contributed by atoms with Crippen molar-refractivity contribution >= 4 is 29.5 Å². The summed E-state index contributed by atoms with van der Waals surface area (Å²) >= 11 is 0. The van der Waals surface area contributed by atoms with Gasteiger partial charge in [-0.3, -0.25) is 4.79 Å². The molecule has 0 spiro atoms. The molecule has 0 radical (unpaired) electrons. The van der Waals surface area contributed by atoms with Crippen LogP contribution in [-0.2, 0) is 22.5 Å². The van der Waals surface area contributed by atoms with Crippen LogP contribution in [0.1, 0.15) is 50.2 Å². The molecule has 198 valence electrons. The van der Waals surface area contributed by atoms with E-state index in [1.54, 1.807) is 11.0 Å². The lowest BCUT2D eigenvalue weighted by Gasteiger charge is -2.32. The number of benzene rings is 2. The molecule has 0 saturated heterocycles. The number of carbonyl (C=O) groups excluding carboxylic acids is 2. The van der Waals surface area contributed by atoms with E-state index in [-0.39, 0.29) is 30.2 Å². The first-order valence-electron chi connectivity index (χ1n) is 12.6. The standard InChI is InChI=1S/C27H32FN3O6/c1-2-36-22-9-10-23(28)24(15-22)30-26(34)29-20-6-5-19-16-31(12-11-18(19)14-20)27(35)37-21-7-3-17(4-8-21)13-25(32)33/h5-6,9-10,14-15,17,21H,2-4,7-8,11-13,16H2,1H3,(H,32,33)(H2,29,30,34)/t17-,21-. The van der Waals surface area contributed by atoms with Gasteiger partial charge in [0.2, 0.25) is 0 Å². The quantitative estimate of drug-likeness (QED) is 0.457. The zero-order chi connectivity index (χ0) is 26.4. The molecule has 0 bridgehead atoms. The van der Waals surface area contributed by atoms with Crippen molar-refractivity contribution in [2.75, 3.05) is 23.8 Å². The topological polar surface area (TPSA) is 117 Å². The lowest BCUT2D eigenvalue weighted by molar-refractivity contribution is -0.138. The van der Waals surface area contributed by atoms with Gasteiger partial charge in [-0.1, -0.05) is 6.07 Å². The SMILES string of the molecule is CCOc1ccc(F)c(NC(=O)Nc2ccc3c(c2)CCN(C(=O)O[C@H]2CC[C@H](CC(=O)O)CC2)C3)c1. The Labute approximate surface area is 214 Å². The van der Waals surface area contributed by atoms with Gasteiger partial charge < -0.3 is 30.1 Å². The highest BCUT2D eigenvalue weighted by Crippen LogP contribution is 2.30. The summed E-state index contributed by atoms with van der Waals surface area (Å²) in [5, 5.41) is 14.2. The molecule has 9 nitrogen and oxygen atoms in total. The van der Waals surface area contributed by atoms with Crippen LogP contribution in [0.15, 0.2) is 36.4 Å². The number of amides is 3. The molecule has 2 aromatic rings. The van der Waals surface area contributed by atoms with E-state index in [2.05, 4.69) is 10.6 Å². The van der Waals surface area contributed by atoms with Crippen molar-refractivity contribution in [2.45, 2.75) is 58.1 Å². The predicted octanol–water partition coefficient (Wildman–Crippen LogP) is 5.40. The molecule has 2 aromatic carbocycles. The summed E-state index contributed by atoms with van der Waals surface area (Å²) in [5.41, 5.74) is 2.56. The second-order valence-electron chi connectivity index (χ2n) is 9.43. The van der Waals surface area contributed by atoms with Crippen molar-refractivity contribution < 1.29 is 33.4 Å². The second kappa shape index (κ2) is 11.9. The Morgan fingerprint density at radius 2 is 1.84 bits per heavy atom. The summed E-state index contributed by atoms with van der Waals surface area (Å²) in [6.45, 7) is 3.14. The minimum absolute atomic E-state index is 0.0194. The van der Waals surface area contributed by atoms with E-state index in [1.807, 2.05) is 19.1 Å². The van der Waals surface area contributed by atoms with Crippen molar-refractivity contribution in [3.05, 3.63) is 53.3 Å². The molecule has 1 saturated carbocycles. The van der Waals surface area contributed by atoms with E-state index >= 15 is 0 Å². The second-order valence-corrected chi connectivity index (χ2v) is 9.43. The molecule has 3 N–H and O–H groups in total. The summed E-state index contributed by atoms with van der Waals surface area (Å²) in [7, 11) is 0. The highest BCUT2D eigenvalue weighted by Gasteiger charge is 2.28. The normalized spacial score (nSPS) is 18.9. The number of halogens is 1. The minimum atomic E-state index is -0.785. The number of hydrogen-bond donors (Lipinski definition) is 3. The molecule has 0 unspecified atom stereocenters. The number of aliphatic carboxylic acids is 1. The number of anilines is 2. The van der Waals surface area contributed by atoms with Crippen LogP contribution in [0.2, 0.25) is 0 Å². The van der Waals surface area contributed by atoms with Gasteiger partial charge in [-0.2, -0.15) is 0 Å². The number of hydrogen-bond acceptors (Lipinski definition) is 5. The third-order valence-corrected chi connectivity index (χ3v) is 6.76. The summed E-state index contributed by atoms with van der Waals surface area (Å²) in [5.74, 6) is -0.739. The Kier molecular flexibility index (Phi) is 8.47. The van der Waals surface area contributed by atoms with Gasteiger partial charge in [0.25, 0.3) is 0 Å². The van der Waals surface area contributed by atoms with E-state index in [0.29, 0.717) is 50.4 Å². The molecule has 2 aliphatic rings. The van der Waals surface area contributed by atoms with Crippen molar-refractivity contribution in [3.8, 4) is 5.75 Å². The highest BCUT2D eigenvalue weighted by atomic mass is 19.1. The molecule has 37 heavy (non-hydrogen) atoms. The molecule has 1 aliphatic carbocycles. The molecule has 0 aromatic heterocycles. The van der Waals surface area contributed by atoms with Crippen molar-refractivity contribution in [1.82, 2.24) is 4.90 Å².